The van der Waals surface area contributed by atoms with E-state index in [2.05, 4.69) is 0 Å². The van der Waals surface area contributed by atoms with Crippen molar-refractivity contribution in [2.75, 3.05) is 0 Å². The zero-order chi connectivity index (χ0) is 15.9. The van der Waals surface area contributed by atoms with Gasteiger partial charge in [-0.2, -0.15) is 0 Å². The lowest BCUT2D eigenvalue weighted by Crippen LogP contribution is -2.22. The van der Waals surface area contributed by atoms with Crippen LogP contribution in [-0.2, 0) is 7.05 Å². The Morgan fingerprint density at radius 2 is 1.55 bits per heavy atom. The highest BCUT2D eigenvalue weighted by atomic mass is 16.1. The third kappa shape index (κ3) is 2.06. The van der Waals surface area contributed by atoms with E-state index in [0.717, 1.165) is 33.9 Å². The van der Waals surface area contributed by atoms with E-state index in [1.165, 1.54) is 4.57 Å². The molecule has 0 aliphatic rings. The number of aldehydes is 1. The number of nitrogens with zero attached hydrogens (tertiary/aromatic N) is 1. The van der Waals surface area contributed by atoms with Crippen LogP contribution in [0.15, 0.2) is 47.3 Å². The third-order valence-corrected chi connectivity index (χ3v) is 4.23. The molecule has 0 saturated carbocycles. The monoisotopic (exact) mass is 291 g/mol. The van der Waals surface area contributed by atoms with Gasteiger partial charge in [0.15, 0.2) is 6.29 Å². The van der Waals surface area contributed by atoms with Gasteiger partial charge in [0.25, 0.3) is 5.56 Å². The van der Waals surface area contributed by atoms with Crippen molar-refractivity contribution < 1.29 is 4.79 Å². The summed E-state index contributed by atoms with van der Waals surface area (Å²) >= 11 is 0. The molecule has 0 radical (unpaired) electrons. The Labute approximate surface area is 128 Å². The van der Waals surface area contributed by atoms with Gasteiger partial charge in [-0.15, -0.1) is 0 Å². The largest absolute Gasteiger partial charge is 0.308 e. The molecule has 1 heterocycles. The minimum absolute atomic E-state index is 0.139. The summed E-state index contributed by atoms with van der Waals surface area (Å²) in [5, 5.41) is 1.48. The third-order valence-electron chi connectivity index (χ3n) is 4.23. The molecule has 0 fully saturated rings. The smallest absolute Gasteiger partial charge is 0.258 e. The number of hydrogen-bond donors (Lipinski definition) is 0. The molecule has 0 atom stereocenters. The number of aryl methyl sites for hydroxylation is 2. The first-order valence-corrected chi connectivity index (χ1v) is 7.19. The maximum atomic E-state index is 12.6. The number of fused-ring (bicyclic) bond motifs is 1. The van der Waals surface area contributed by atoms with E-state index in [-0.39, 0.29) is 5.56 Å². The maximum Gasteiger partial charge on any atom is 0.258 e. The van der Waals surface area contributed by atoms with Crippen LogP contribution in [0, 0.1) is 13.8 Å². The first-order valence-electron chi connectivity index (χ1n) is 7.19. The number of hydrogen-bond acceptors (Lipinski definition) is 2. The van der Waals surface area contributed by atoms with Gasteiger partial charge in [-0.1, -0.05) is 36.4 Å². The number of carbonyl (C=O) groups excluding carboxylic acids is 1. The predicted molar refractivity (Wildman–Crippen MR) is 89.5 cm³/mol. The van der Waals surface area contributed by atoms with Gasteiger partial charge < -0.3 is 4.57 Å². The number of benzene rings is 2. The van der Waals surface area contributed by atoms with Crippen LogP contribution in [-0.4, -0.2) is 10.9 Å². The molecule has 0 aliphatic heterocycles. The van der Waals surface area contributed by atoms with Crippen molar-refractivity contribution in [2.24, 2.45) is 7.05 Å². The lowest BCUT2D eigenvalue weighted by molar-refractivity contribution is 0.111. The summed E-state index contributed by atoms with van der Waals surface area (Å²) in [6.45, 7) is 4.01. The number of carbonyl (C=O) groups is 1. The second-order valence-corrected chi connectivity index (χ2v) is 5.59. The molecule has 0 amide bonds. The fraction of sp³-hybridized carbons (Fsp3) is 0.158. The molecule has 22 heavy (non-hydrogen) atoms. The quantitative estimate of drug-likeness (QED) is 0.676. The average Bonchev–Trinajstić information content (AvgIpc) is 2.53. The first kappa shape index (κ1) is 14.3. The Kier molecular flexibility index (Phi) is 3.41. The maximum absolute atomic E-state index is 12.6. The molecule has 0 saturated heterocycles. The molecule has 0 spiro atoms. The van der Waals surface area contributed by atoms with Gasteiger partial charge >= 0.3 is 0 Å². The molecule has 0 N–H and O–H groups in total. The van der Waals surface area contributed by atoms with Crippen molar-refractivity contribution in [3.05, 3.63) is 69.6 Å². The highest BCUT2D eigenvalue weighted by Crippen LogP contribution is 2.31. The topological polar surface area (TPSA) is 39.1 Å². The Balaban J connectivity index is 2.58. The molecule has 3 aromatic rings. The standard InChI is InChI=1S/C19H17NO2/c1-12-9-15-16(10-13(12)2)19(22)20(3)17(11-21)18(15)14-7-5-4-6-8-14/h4-11H,1-3H3. The minimum atomic E-state index is -0.139. The summed E-state index contributed by atoms with van der Waals surface area (Å²) < 4.78 is 1.44. The van der Waals surface area contributed by atoms with Crippen LogP contribution in [0.4, 0.5) is 0 Å². The molecular weight excluding hydrogens is 274 g/mol. The number of pyridine rings is 1. The van der Waals surface area contributed by atoms with Crippen molar-refractivity contribution in [1.29, 1.82) is 0 Å². The SMILES string of the molecule is Cc1cc2c(-c3ccccc3)c(C=O)n(C)c(=O)c2cc1C. The molecule has 1 aromatic heterocycles. The van der Waals surface area contributed by atoms with E-state index < -0.39 is 0 Å². The number of aromatic nitrogens is 1. The average molecular weight is 291 g/mol. The zero-order valence-electron chi connectivity index (χ0n) is 12.9. The van der Waals surface area contributed by atoms with E-state index >= 15 is 0 Å². The van der Waals surface area contributed by atoms with Gasteiger partial charge in [0, 0.05) is 18.0 Å². The molecular formula is C19H17NO2. The molecule has 0 unspecified atom stereocenters. The van der Waals surface area contributed by atoms with Crippen molar-refractivity contribution in [3.8, 4) is 11.1 Å². The van der Waals surface area contributed by atoms with E-state index in [9.17, 15) is 9.59 Å². The van der Waals surface area contributed by atoms with Crippen LogP contribution in [0.3, 0.4) is 0 Å². The number of rotatable bonds is 2. The Bertz CT molecular complexity index is 937. The van der Waals surface area contributed by atoms with E-state index in [1.54, 1.807) is 7.05 Å². The van der Waals surface area contributed by atoms with Gasteiger partial charge in [0.2, 0.25) is 0 Å². The van der Waals surface area contributed by atoms with Crippen molar-refractivity contribution >= 4 is 17.1 Å². The molecule has 2 aromatic carbocycles. The lowest BCUT2D eigenvalue weighted by Gasteiger charge is -2.15. The highest BCUT2D eigenvalue weighted by molar-refractivity contribution is 6.03. The van der Waals surface area contributed by atoms with Crippen molar-refractivity contribution in [1.82, 2.24) is 4.57 Å². The van der Waals surface area contributed by atoms with Crippen LogP contribution in [0.25, 0.3) is 21.9 Å². The van der Waals surface area contributed by atoms with E-state index in [1.807, 2.05) is 56.3 Å². The van der Waals surface area contributed by atoms with Crippen LogP contribution in [0.5, 0.6) is 0 Å². The van der Waals surface area contributed by atoms with Crippen LogP contribution < -0.4 is 5.56 Å². The Hall–Kier alpha value is -2.68. The molecule has 3 heteroatoms. The minimum Gasteiger partial charge on any atom is -0.308 e. The summed E-state index contributed by atoms with van der Waals surface area (Å²) in [7, 11) is 1.65. The predicted octanol–water partition coefficient (Wildman–Crippen LogP) is 3.63. The summed E-state index contributed by atoms with van der Waals surface area (Å²) in [5.41, 5.74) is 4.20. The van der Waals surface area contributed by atoms with Crippen LogP contribution in [0.1, 0.15) is 21.6 Å². The van der Waals surface area contributed by atoms with Gasteiger partial charge in [0.1, 0.15) is 0 Å². The van der Waals surface area contributed by atoms with E-state index in [0.29, 0.717) is 11.1 Å². The van der Waals surface area contributed by atoms with Crippen molar-refractivity contribution in [2.45, 2.75) is 13.8 Å². The van der Waals surface area contributed by atoms with Gasteiger partial charge in [-0.05, 0) is 42.0 Å². The van der Waals surface area contributed by atoms with Crippen molar-refractivity contribution in [3.63, 3.8) is 0 Å². The Morgan fingerprint density at radius 1 is 0.955 bits per heavy atom. The summed E-state index contributed by atoms with van der Waals surface area (Å²) in [4.78, 5) is 24.2. The second kappa shape index (κ2) is 5.26. The fourth-order valence-corrected chi connectivity index (χ4v) is 2.84. The summed E-state index contributed by atoms with van der Waals surface area (Å²) in [6.07, 6.45) is 0.762. The molecule has 3 nitrogen and oxygen atoms in total. The molecule has 110 valence electrons. The van der Waals surface area contributed by atoms with E-state index in [4.69, 9.17) is 0 Å². The summed E-state index contributed by atoms with van der Waals surface area (Å²) in [5.74, 6) is 0. The second-order valence-electron chi connectivity index (χ2n) is 5.59. The lowest BCUT2D eigenvalue weighted by atomic mass is 9.94. The highest BCUT2D eigenvalue weighted by Gasteiger charge is 2.16. The first-order chi connectivity index (χ1) is 10.5. The molecule has 3 rings (SSSR count). The normalized spacial score (nSPS) is 10.9. The zero-order valence-corrected chi connectivity index (χ0v) is 12.9. The van der Waals surface area contributed by atoms with Gasteiger partial charge in [-0.25, -0.2) is 0 Å². The Morgan fingerprint density at radius 3 is 2.14 bits per heavy atom. The van der Waals surface area contributed by atoms with Crippen LogP contribution in [0.2, 0.25) is 0 Å². The summed E-state index contributed by atoms with van der Waals surface area (Å²) in [6, 6.07) is 13.6. The fourth-order valence-electron chi connectivity index (χ4n) is 2.84. The van der Waals surface area contributed by atoms with Gasteiger partial charge in [-0.3, -0.25) is 9.59 Å². The molecule has 0 aliphatic carbocycles. The van der Waals surface area contributed by atoms with Crippen LogP contribution >= 0.6 is 0 Å². The molecule has 0 bridgehead atoms. The van der Waals surface area contributed by atoms with Gasteiger partial charge in [0.05, 0.1) is 5.69 Å².